The number of amides is 1. The number of carbonyl (C=O) groups is 2. The van der Waals surface area contributed by atoms with Crippen LogP contribution in [0.4, 0.5) is 5.13 Å². The molecule has 0 unspecified atom stereocenters. The van der Waals surface area contributed by atoms with Gasteiger partial charge in [-0.25, -0.2) is 0 Å². The average molecular weight is 357 g/mol. The molecule has 0 spiro atoms. The highest BCUT2D eigenvalue weighted by Crippen LogP contribution is 2.29. The molecule has 1 amide bonds. The lowest BCUT2D eigenvalue weighted by atomic mass is 10.3. The van der Waals surface area contributed by atoms with Crippen LogP contribution in [-0.4, -0.2) is 33.9 Å². The molecule has 0 aliphatic rings. The first-order valence-electron chi connectivity index (χ1n) is 6.57. The number of nitrogens with one attached hydrogen (secondary N) is 1. The van der Waals surface area contributed by atoms with Crippen LogP contribution >= 0.6 is 34.4 Å². The van der Waals surface area contributed by atoms with Gasteiger partial charge >= 0.3 is 5.97 Å². The Labute approximate surface area is 140 Å². The fourth-order valence-corrected chi connectivity index (χ4v) is 4.12. The largest absolute Gasteiger partial charge is 0.465 e. The van der Waals surface area contributed by atoms with Gasteiger partial charge in [-0.2, -0.15) is 0 Å². The molecular weight excluding hydrogens is 342 g/mol. The van der Waals surface area contributed by atoms with E-state index in [9.17, 15) is 9.59 Å². The molecule has 1 N–H and O–H groups in total. The van der Waals surface area contributed by atoms with Gasteiger partial charge in [-0.15, -0.1) is 21.5 Å². The molecule has 2 aromatic heterocycles. The van der Waals surface area contributed by atoms with Crippen LogP contribution < -0.4 is 5.32 Å². The Hall–Kier alpha value is -1.45. The van der Waals surface area contributed by atoms with E-state index < -0.39 is 0 Å². The van der Waals surface area contributed by atoms with Crippen molar-refractivity contribution < 1.29 is 14.3 Å². The predicted molar refractivity (Wildman–Crippen MR) is 88.5 cm³/mol. The molecule has 22 heavy (non-hydrogen) atoms. The molecule has 2 rings (SSSR count). The van der Waals surface area contributed by atoms with Gasteiger partial charge in [0.2, 0.25) is 11.0 Å². The second-order valence-corrected chi connectivity index (χ2v) is 7.79. The van der Waals surface area contributed by atoms with E-state index in [1.165, 1.54) is 34.4 Å². The number of thioether (sulfide) groups is 1. The van der Waals surface area contributed by atoms with Crippen molar-refractivity contribution in [3.8, 4) is 0 Å². The van der Waals surface area contributed by atoms with Gasteiger partial charge in [-0.3, -0.25) is 9.59 Å². The van der Waals surface area contributed by atoms with E-state index in [1.807, 2.05) is 17.5 Å². The van der Waals surface area contributed by atoms with Gasteiger partial charge in [0, 0.05) is 4.88 Å². The lowest BCUT2D eigenvalue weighted by Gasteiger charge is -2.06. The van der Waals surface area contributed by atoms with Gasteiger partial charge in [0.05, 0.1) is 13.0 Å². The van der Waals surface area contributed by atoms with E-state index in [0.29, 0.717) is 22.5 Å². The van der Waals surface area contributed by atoms with Crippen LogP contribution in [0.1, 0.15) is 18.7 Å². The van der Waals surface area contributed by atoms with Crippen molar-refractivity contribution in [1.82, 2.24) is 10.2 Å². The summed E-state index contributed by atoms with van der Waals surface area (Å²) in [4.78, 5) is 24.4. The third-order valence-electron chi connectivity index (χ3n) is 2.46. The minimum absolute atomic E-state index is 0.131. The zero-order valence-electron chi connectivity index (χ0n) is 12.1. The summed E-state index contributed by atoms with van der Waals surface area (Å²) in [6.45, 7) is 3.87. The lowest BCUT2D eigenvalue weighted by Crippen LogP contribution is -2.16. The molecule has 0 radical (unpaired) electrons. The first-order chi connectivity index (χ1) is 10.6. The first-order valence-corrected chi connectivity index (χ1v) is 9.15. The summed E-state index contributed by atoms with van der Waals surface area (Å²) < 4.78 is 5.55. The molecule has 0 aromatic carbocycles. The van der Waals surface area contributed by atoms with E-state index in [0.717, 1.165) is 4.88 Å². The van der Waals surface area contributed by atoms with Gasteiger partial charge < -0.3 is 10.1 Å². The van der Waals surface area contributed by atoms with Crippen LogP contribution in [0, 0.1) is 0 Å². The first kappa shape index (κ1) is 16.9. The smallest absolute Gasteiger partial charge is 0.319 e. The highest BCUT2D eigenvalue weighted by Gasteiger charge is 2.18. The fraction of sp³-hybridized carbons (Fsp3) is 0.385. The number of nitrogens with zero attached hydrogens (tertiary/aromatic N) is 2. The van der Waals surface area contributed by atoms with Crippen molar-refractivity contribution in [2.45, 2.75) is 29.9 Å². The van der Waals surface area contributed by atoms with Crippen LogP contribution in [0.3, 0.4) is 0 Å². The number of carbonyl (C=O) groups excluding carboxylic acids is 2. The molecule has 118 valence electrons. The lowest BCUT2D eigenvalue weighted by molar-refractivity contribution is -0.142. The number of aromatic nitrogens is 2. The zero-order chi connectivity index (χ0) is 15.9. The molecule has 0 saturated heterocycles. The molecule has 2 heterocycles. The normalized spacial score (nSPS) is 11.9. The second-order valence-electron chi connectivity index (χ2n) is 4.19. The van der Waals surface area contributed by atoms with Crippen LogP contribution in [0.25, 0.3) is 0 Å². The molecular formula is C13H15N3O3S3. The molecule has 2 aromatic rings. The zero-order valence-corrected chi connectivity index (χ0v) is 14.5. The predicted octanol–water partition coefficient (Wildman–Crippen LogP) is 2.82. The van der Waals surface area contributed by atoms with Crippen LogP contribution in [0.5, 0.6) is 0 Å². The summed E-state index contributed by atoms with van der Waals surface area (Å²) in [5.41, 5.74) is 0. The Bertz CT molecular complexity index is 628. The summed E-state index contributed by atoms with van der Waals surface area (Å²) in [6, 6.07) is 3.82. The van der Waals surface area contributed by atoms with E-state index in [4.69, 9.17) is 4.74 Å². The van der Waals surface area contributed by atoms with Crippen molar-refractivity contribution in [2.24, 2.45) is 0 Å². The number of hydrogen-bond donors (Lipinski definition) is 1. The van der Waals surface area contributed by atoms with Crippen molar-refractivity contribution in [3.63, 3.8) is 0 Å². The number of hydrogen-bond acceptors (Lipinski definition) is 8. The van der Waals surface area contributed by atoms with Crippen LogP contribution in [-0.2, 0) is 20.7 Å². The highest BCUT2D eigenvalue weighted by molar-refractivity contribution is 8.02. The Morgan fingerprint density at radius 3 is 2.95 bits per heavy atom. The van der Waals surface area contributed by atoms with Gasteiger partial charge in [0.1, 0.15) is 5.25 Å². The minimum atomic E-state index is -0.359. The highest BCUT2D eigenvalue weighted by atomic mass is 32.2. The summed E-state index contributed by atoms with van der Waals surface area (Å²) in [5.74, 6) is -0.417. The summed E-state index contributed by atoms with van der Waals surface area (Å²) >= 11 is 4.04. The number of ether oxygens (including phenoxy) is 1. The monoisotopic (exact) mass is 357 g/mol. The van der Waals surface area contributed by atoms with Gasteiger partial charge in [0.15, 0.2) is 4.34 Å². The molecule has 0 saturated carbocycles. The number of rotatable bonds is 7. The summed E-state index contributed by atoms with van der Waals surface area (Å²) in [5, 5.41) is 12.6. The Balaban J connectivity index is 1.85. The van der Waals surface area contributed by atoms with Crippen molar-refractivity contribution in [2.75, 3.05) is 11.9 Å². The maximum atomic E-state index is 11.9. The number of anilines is 1. The third-order valence-corrected chi connectivity index (χ3v) is 5.34. The quantitative estimate of drug-likeness (QED) is 0.466. The maximum absolute atomic E-state index is 11.9. The molecule has 1 atom stereocenters. The van der Waals surface area contributed by atoms with E-state index in [1.54, 1.807) is 13.8 Å². The van der Waals surface area contributed by atoms with E-state index >= 15 is 0 Å². The topological polar surface area (TPSA) is 81.2 Å². The summed E-state index contributed by atoms with van der Waals surface area (Å²) in [7, 11) is 0. The second kappa shape index (κ2) is 8.25. The SMILES string of the molecule is CCOC(=O)[C@@H](C)Sc1nnc(NC(=O)Cc2cccs2)s1. The van der Waals surface area contributed by atoms with E-state index in [-0.39, 0.29) is 17.1 Å². The third kappa shape index (κ3) is 5.08. The summed E-state index contributed by atoms with van der Waals surface area (Å²) in [6.07, 6.45) is 0.318. The fourth-order valence-electron chi connectivity index (χ4n) is 1.50. The Kier molecular flexibility index (Phi) is 6.34. The van der Waals surface area contributed by atoms with Crippen LogP contribution in [0.15, 0.2) is 21.9 Å². The Morgan fingerprint density at radius 1 is 1.45 bits per heavy atom. The number of esters is 1. The van der Waals surface area contributed by atoms with Crippen LogP contribution in [0.2, 0.25) is 0 Å². The molecule has 9 heteroatoms. The average Bonchev–Trinajstić information content (AvgIpc) is 3.11. The van der Waals surface area contributed by atoms with Gasteiger partial charge in [-0.1, -0.05) is 29.2 Å². The number of thiophene rings is 1. The molecule has 0 bridgehead atoms. The molecule has 0 aliphatic carbocycles. The van der Waals surface area contributed by atoms with Gasteiger partial charge in [0.25, 0.3) is 0 Å². The van der Waals surface area contributed by atoms with Crippen molar-refractivity contribution >= 4 is 51.4 Å². The van der Waals surface area contributed by atoms with E-state index in [2.05, 4.69) is 15.5 Å². The standard InChI is InChI=1S/C13H15N3O3S3/c1-3-19-11(18)8(2)21-13-16-15-12(22-13)14-10(17)7-9-5-4-6-20-9/h4-6,8H,3,7H2,1-2H3,(H,14,15,17)/t8-/m1/s1. The minimum Gasteiger partial charge on any atom is -0.465 e. The Morgan fingerprint density at radius 2 is 2.27 bits per heavy atom. The molecule has 0 fully saturated rings. The van der Waals surface area contributed by atoms with Crippen molar-refractivity contribution in [1.29, 1.82) is 0 Å². The van der Waals surface area contributed by atoms with Crippen molar-refractivity contribution in [3.05, 3.63) is 22.4 Å². The van der Waals surface area contributed by atoms with Gasteiger partial charge in [-0.05, 0) is 25.3 Å². The maximum Gasteiger partial charge on any atom is 0.319 e. The molecule has 6 nitrogen and oxygen atoms in total. The molecule has 0 aliphatic heterocycles.